The number of nitrogens with zero attached hydrogens (tertiary/aromatic N) is 4. The van der Waals surface area contributed by atoms with Crippen LogP contribution in [0.4, 0.5) is 0 Å². The lowest BCUT2D eigenvalue weighted by atomic mass is 10.1. The zero-order valence-corrected chi connectivity index (χ0v) is 21.4. The van der Waals surface area contributed by atoms with Crippen LogP contribution in [0, 0.1) is 0 Å². The van der Waals surface area contributed by atoms with Crippen LogP contribution in [0.3, 0.4) is 0 Å². The average molecular weight is 530 g/mol. The Bertz CT molecular complexity index is 1840. The van der Waals surface area contributed by atoms with Crippen LogP contribution in [0.5, 0.6) is 0 Å². The molecule has 9 heteroatoms. The highest BCUT2D eigenvalue weighted by molar-refractivity contribution is 5.96. The molecule has 1 N–H and O–H groups in total. The van der Waals surface area contributed by atoms with Gasteiger partial charge in [0.1, 0.15) is 11.4 Å². The summed E-state index contributed by atoms with van der Waals surface area (Å²) in [5, 5.41) is 0.944. The second-order valence-electron chi connectivity index (χ2n) is 9.04. The molecule has 0 aliphatic carbocycles. The predicted molar refractivity (Wildman–Crippen MR) is 149 cm³/mol. The number of hydrogen-bond acceptors (Lipinski definition) is 8. The summed E-state index contributed by atoms with van der Waals surface area (Å²) in [4.78, 5) is 47.5. The quantitative estimate of drug-likeness (QED) is 0.281. The van der Waals surface area contributed by atoms with Crippen LogP contribution >= 0.6 is 0 Å². The SMILES string of the molecule is COC(=O)[C@H](Cc1c[nH]c2ccccc12)OC(=O)c1ccc2nc(-c3ccccn3)c(-c3ccccn3)nc2c1. The number of methoxy groups -OCH3 is 1. The number of H-pyrrole nitrogens is 1. The van der Waals surface area contributed by atoms with Gasteiger partial charge in [-0.3, -0.25) is 9.97 Å². The molecular weight excluding hydrogens is 506 g/mol. The lowest BCUT2D eigenvalue weighted by Crippen LogP contribution is -2.30. The highest BCUT2D eigenvalue weighted by Crippen LogP contribution is 2.29. The first-order valence-corrected chi connectivity index (χ1v) is 12.6. The number of hydrogen-bond donors (Lipinski definition) is 1. The number of esters is 2. The minimum absolute atomic E-state index is 0.160. The summed E-state index contributed by atoms with van der Waals surface area (Å²) in [5.74, 6) is -1.32. The normalized spacial score (nSPS) is 11.8. The molecular formula is C31H23N5O4. The molecule has 1 atom stereocenters. The molecule has 4 heterocycles. The number of carbonyl (C=O) groups is 2. The van der Waals surface area contributed by atoms with E-state index in [1.165, 1.54) is 7.11 Å². The minimum atomic E-state index is -1.13. The van der Waals surface area contributed by atoms with Gasteiger partial charge < -0.3 is 14.5 Å². The smallest absolute Gasteiger partial charge is 0.347 e. The van der Waals surface area contributed by atoms with Crippen LogP contribution < -0.4 is 0 Å². The molecule has 9 nitrogen and oxygen atoms in total. The third-order valence-corrected chi connectivity index (χ3v) is 6.51. The molecule has 196 valence electrons. The third kappa shape index (κ3) is 4.88. The zero-order valence-electron chi connectivity index (χ0n) is 21.4. The van der Waals surface area contributed by atoms with Crippen molar-refractivity contribution in [2.24, 2.45) is 0 Å². The van der Waals surface area contributed by atoms with Gasteiger partial charge in [-0.2, -0.15) is 0 Å². The fourth-order valence-electron chi connectivity index (χ4n) is 4.55. The van der Waals surface area contributed by atoms with Crippen molar-refractivity contribution in [3.05, 3.63) is 109 Å². The summed E-state index contributed by atoms with van der Waals surface area (Å²) < 4.78 is 10.6. The van der Waals surface area contributed by atoms with E-state index in [0.717, 1.165) is 16.5 Å². The van der Waals surface area contributed by atoms with Gasteiger partial charge >= 0.3 is 11.9 Å². The maximum Gasteiger partial charge on any atom is 0.347 e. The molecule has 4 aromatic heterocycles. The Labute approximate surface area is 228 Å². The summed E-state index contributed by atoms with van der Waals surface area (Å²) >= 11 is 0. The van der Waals surface area contributed by atoms with Crippen LogP contribution in [-0.4, -0.2) is 50.1 Å². The molecule has 0 aliphatic heterocycles. The van der Waals surface area contributed by atoms with E-state index in [1.807, 2.05) is 60.7 Å². The standard InChI is InChI=1S/C31H23N5O4/c1-39-31(38)27(17-20-18-34-22-9-3-2-8-21(20)22)40-30(37)19-12-13-23-26(16-19)36-29(25-11-5-7-15-33-25)28(35-23)24-10-4-6-14-32-24/h2-16,18,27,34H,17H2,1H3/t27-/m0/s1. The van der Waals surface area contributed by atoms with Gasteiger partial charge in [-0.05, 0) is 54.1 Å². The number of aromatic amines is 1. The van der Waals surface area contributed by atoms with Crippen molar-refractivity contribution >= 4 is 33.9 Å². The number of para-hydroxylation sites is 1. The molecule has 0 spiro atoms. The first-order chi connectivity index (χ1) is 19.6. The second-order valence-corrected chi connectivity index (χ2v) is 9.04. The monoisotopic (exact) mass is 529 g/mol. The van der Waals surface area contributed by atoms with E-state index in [-0.39, 0.29) is 12.0 Å². The van der Waals surface area contributed by atoms with Gasteiger partial charge in [0.15, 0.2) is 0 Å². The Morgan fingerprint density at radius 1 is 0.825 bits per heavy atom. The van der Waals surface area contributed by atoms with Crippen LogP contribution in [-0.2, 0) is 20.7 Å². The Morgan fingerprint density at radius 2 is 1.50 bits per heavy atom. The molecule has 0 saturated carbocycles. The van der Waals surface area contributed by atoms with E-state index in [4.69, 9.17) is 19.4 Å². The van der Waals surface area contributed by atoms with Crippen LogP contribution in [0.2, 0.25) is 0 Å². The highest BCUT2D eigenvalue weighted by Gasteiger charge is 2.26. The maximum atomic E-state index is 13.2. The molecule has 6 aromatic rings. The molecule has 0 amide bonds. The van der Waals surface area contributed by atoms with E-state index in [0.29, 0.717) is 33.8 Å². The van der Waals surface area contributed by atoms with E-state index in [1.54, 1.807) is 36.8 Å². The van der Waals surface area contributed by atoms with Crippen molar-refractivity contribution in [2.75, 3.05) is 7.11 Å². The number of carbonyl (C=O) groups excluding carboxylic acids is 2. The van der Waals surface area contributed by atoms with Gasteiger partial charge in [0.05, 0.1) is 35.1 Å². The number of ether oxygens (including phenoxy) is 2. The van der Waals surface area contributed by atoms with E-state index in [9.17, 15) is 9.59 Å². The van der Waals surface area contributed by atoms with Crippen molar-refractivity contribution in [1.29, 1.82) is 0 Å². The number of fused-ring (bicyclic) bond motifs is 2. The predicted octanol–water partition coefficient (Wildman–Crippen LogP) is 5.18. The number of pyridine rings is 2. The lowest BCUT2D eigenvalue weighted by Gasteiger charge is -2.16. The second kappa shape index (κ2) is 10.7. The largest absolute Gasteiger partial charge is 0.466 e. The molecule has 2 aromatic carbocycles. The Balaban J connectivity index is 1.34. The fourth-order valence-corrected chi connectivity index (χ4v) is 4.55. The number of nitrogens with one attached hydrogen (secondary N) is 1. The molecule has 40 heavy (non-hydrogen) atoms. The summed E-state index contributed by atoms with van der Waals surface area (Å²) in [6.07, 6.45) is 4.20. The Hall–Kier alpha value is -5.44. The Kier molecular flexibility index (Phi) is 6.68. The number of rotatable bonds is 7. The van der Waals surface area contributed by atoms with E-state index >= 15 is 0 Å². The first-order valence-electron chi connectivity index (χ1n) is 12.6. The topological polar surface area (TPSA) is 120 Å². The van der Waals surface area contributed by atoms with Gasteiger partial charge in [-0.1, -0.05) is 30.3 Å². The van der Waals surface area contributed by atoms with Gasteiger partial charge in [0, 0.05) is 35.9 Å². The molecule has 0 aliphatic rings. The van der Waals surface area contributed by atoms with Crippen molar-refractivity contribution in [2.45, 2.75) is 12.5 Å². The number of aromatic nitrogens is 5. The molecule has 0 saturated heterocycles. The summed E-state index contributed by atoms with van der Waals surface area (Å²) in [7, 11) is 1.27. The van der Waals surface area contributed by atoms with Gasteiger partial charge in [-0.25, -0.2) is 19.6 Å². The molecule has 6 rings (SSSR count). The van der Waals surface area contributed by atoms with Crippen molar-refractivity contribution < 1.29 is 19.1 Å². The molecule has 0 fully saturated rings. The van der Waals surface area contributed by atoms with Crippen LogP contribution in [0.25, 0.3) is 44.7 Å². The van der Waals surface area contributed by atoms with Crippen molar-refractivity contribution in [3.8, 4) is 22.8 Å². The van der Waals surface area contributed by atoms with E-state index < -0.39 is 18.0 Å². The third-order valence-electron chi connectivity index (χ3n) is 6.51. The lowest BCUT2D eigenvalue weighted by molar-refractivity contribution is -0.150. The fraction of sp³-hybridized carbons (Fsp3) is 0.0968. The average Bonchev–Trinajstić information content (AvgIpc) is 3.43. The maximum absolute atomic E-state index is 13.2. The van der Waals surface area contributed by atoms with Crippen LogP contribution in [0.15, 0.2) is 97.5 Å². The van der Waals surface area contributed by atoms with Gasteiger partial charge in [0.25, 0.3) is 0 Å². The van der Waals surface area contributed by atoms with Crippen molar-refractivity contribution in [3.63, 3.8) is 0 Å². The van der Waals surface area contributed by atoms with Crippen molar-refractivity contribution in [1.82, 2.24) is 24.9 Å². The first kappa shape index (κ1) is 24.9. The summed E-state index contributed by atoms with van der Waals surface area (Å²) in [5.41, 5.74) is 5.41. The summed E-state index contributed by atoms with van der Waals surface area (Å²) in [6.45, 7) is 0. The van der Waals surface area contributed by atoms with E-state index in [2.05, 4.69) is 15.0 Å². The van der Waals surface area contributed by atoms with Gasteiger partial charge in [-0.15, -0.1) is 0 Å². The minimum Gasteiger partial charge on any atom is -0.466 e. The van der Waals surface area contributed by atoms with Gasteiger partial charge in [0.2, 0.25) is 6.10 Å². The Morgan fingerprint density at radius 3 is 2.17 bits per heavy atom. The molecule has 0 bridgehead atoms. The zero-order chi connectivity index (χ0) is 27.5. The summed E-state index contributed by atoms with van der Waals surface area (Å²) in [6, 6.07) is 23.7. The van der Waals surface area contributed by atoms with Crippen LogP contribution in [0.1, 0.15) is 15.9 Å². The molecule has 0 radical (unpaired) electrons. The number of benzene rings is 2. The highest BCUT2D eigenvalue weighted by atomic mass is 16.6. The molecule has 0 unspecified atom stereocenters.